The molecule has 0 spiro atoms. The molecule has 2 heterocycles. The fraction of sp³-hybridized carbons (Fsp3) is 0. The number of nitrogens with zero attached hydrogens (tertiary/aromatic N) is 3. The number of rotatable bonds is 6. The normalized spacial score (nSPS) is 11.2. The summed E-state index contributed by atoms with van der Waals surface area (Å²) >= 11 is 6.10. The molecule has 0 aliphatic carbocycles. The van der Waals surface area contributed by atoms with Crippen molar-refractivity contribution in [3.63, 3.8) is 0 Å². The van der Waals surface area contributed by atoms with E-state index >= 15 is 0 Å². The third-order valence-electron chi connectivity index (χ3n) is 4.35. The highest BCUT2D eigenvalue weighted by Crippen LogP contribution is 2.32. The molecule has 0 aliphatic heterocycles. The van der Waals surface area contributed by atoms with Gasteiger partial charge >= 0.3 is 5.91 Å². The molecule has 0 saturated heterocycles. The van der Waals surface area contributed by atoms with Crippen molar-refractivity contribution in [2.75, 3.05) is 0 Å². The van der Waals surface area contributed by atoms with Crippen molar-refractivity contribution in [1.29, 1.82) is 0 Å². The van der Waals surface area contributed by atoms with Gasteiger partial charge in [-0.25, -0.2) is 5.43 Å². The van der Waals surface area contributed by atoms with Crippen molar-refractivity contribution in [3.8, 4) is 11.3 Å². The maximum atomic E-state index is 12.2. The maximum absolute atomic E-state index is 12.2. The second-order valence-electron chi connectivity index (χ2n) is 6.41. The van der Waals surface area contributed by atoms with Gasteiger partial charge in [-0.05, 0) is 30.3 Å². The molecule has 0 aliphatic rings. The molecule has 0 fully saturated rings. The number of amides is 1. The van der Waals surface area contributed by atoms with Gasteiger partial charge in [0.15, 0.2) is 5.76 Å². The smallest absolute Gasteiger partial charge is 0.307 e. The molecule has 11 nitrogen and oxygen atoms in total. The van der Waals surface area contributed by atoms with Crippen molar-refractivity contribution in [2.45, 2.75) is 0 Å². The highest BCUT2D eigenvalue weighted by atomic mass is 35.5. The number of halogens is 1. The maximum Gasteiger partial charge on any atom is 0.307 e. The van der Waals surface area contributed by atoms with Gasteiger partial charge in [0.1, 0.15) is 17.1 Å². The fourth-order valence-corrected chi connectivity index (χ4v) is 3.06. The summed E-state index contributed by atoms with van der Waals surface area (Å²) in [6.45, 7) is 0. The van der Waals surface area contributed by atoms with E-state index < -0.39 is 15.8 Å². The Morgan fingerprint density at radius 2 is 1.69 bits per heavy atom. The van der Waals surface area contributed by atoms with E-state index in [0.717, 1.165) is 0 Å². The van der Waals surface area contributed by atoms with Gasteiger partial charge in [-0.15, -0.1) is 0 Å². The van der Waals surface area contributed by atoms with Crippen LogP contribution in [-0.4, -0.2) is 22.0 Å². The van der Waals surface area contributed by atoms with Crippen LogP contribution in [0.1, 0.15) is 16.3 Å². The zero-order valence-electron chi connectivity index (χ0n) is 15.9. The molecular formula is C20H11ClN4O7. The lowest BCUT2D eigenvalue weighted by atomic mass is 10.1. The molecule has 160 valence electrons. The lowest BCUT2D eigenvalue weighted by Gasteiger charge is -2.00. The van der Waals surface area contributed by atoms with Crippen LogP contribution in [0.5, 0.6) is 0 Å². The van der Waals surface area contributed by atoms with Crippen molar-refractivity contribution in [1.82, 2.24) is 5.43 Å². The zero-order valence-corrected chi connectivity index (χ0v) is 16.6. The lowest BCUT2D eigenvalue weighted by Crippen LogP contribution is -2.16. The van der Waals surface area contributed by atoms with Crippen LogP contribution >= 0.6 is 11.6 Å². The molecule has 0 radical (unpaired) electrons. The van der Waals surface area contributed by atoms with E-state index in [0.29, 0.717) is 16.5 Å². The minimum atomic E-state index is -0.673. The van der Waals surface area contributed by atoms with Gasteiger partial charge in [0.25, 0.3) is 11.4 Å². The van der Waals surface area contributed by atoms with E-state index in [1.807, 2.05) is 0 Å². The van der Waals surface area contributed by atoms with E-state index in [-0.39, 0.29) is 33.7 Å². The van der Waals surface area contributed by atoms with Crippen LogP contribution in [0.25, 0.3) is 22.3 Å². The van der Waals surface area contributed by atoms with Gasteiger partial charge < -0.3 is 8.83 Å². The van der Waals surface area contributed by atoms with Gasteiger partial charge in [-0.1, -0.05) is 11.6 Å². The molecule has 1 amide bonds. The quantitative estimate of drug-likeness (QED) is 0.246. The Labute approximate surface area is 183 Å². The van der Waals surface area contributed by atoms with Gasteiger partial charge in [0.05, 0.1) is 21.1 Å². The second kappa shape index (κ2) is 8.32. The van der Waals surface area contributed by atoms with Crippen molar-refractivity contribution >= 4 is 46.1 Å². The van der Waals surface area contributed by atoms with Gasteiger partial charge in [-0.2, -0.15) is 5.10 Å². The van der Waals surface area contributed by atoms with E-state index in [1.54, 1.807) is 12.1 Å². The number of hydrogen-bond acceptors (Lipinski definition) is 8. The van der Waals surface area contributed by atoms with Crippen LogP contribution in [0.3, 0.4) is 0 Å². The third kappa shape index (κ3) is 4.18. The van der Waals surface area contributed by atoms with Gasteiger partial charge in [0.2, 0.25) is 0 Å². The first-order valence-electron chi connectivity index (χ1n) is 8.87. The van der Waals surface area contributed by atoms with Crippen LogP contribution in [-0.2, 0) is 0 Å². The molecule has 0 unspecified atom stereocenters. The molecule has 0 atom stereocenters. The zero-order chi connectivity index (χ0) is 22.8. The third-order valence-corrected chi connectivity index (χ3v) is 4.67. The van der Waals surface area contributed by atoms with E-state index in [4.69, 9.17) is 20.4 Å². The fourth-order valence-electron chi connectivity index (χ4n) is 2.85. The Hall–Kier alpha value is -4.51. The van der Waals surface area contributed by atoms with E-state index in [1.165, 1.54) is 48.7 Å². The van der Waals surface area contributed by atoms with Crippen LogP contribution in [0.2, 0.25) is 5.02 Å². The summed E-state index contributed by atoms with van der Waals surface area (Å²) in [7, 11) is 0. The summed E-state index contributed by atoms with van der Waals surface area (Å²) in [5.74, 6) is -0.219. The first kappa shape index (κ1) is 20.8. The predicted octanol–water partition coefficient (Wildman–Crippen LogP) is 4.93. The number of hydrazone groups is 1. The van der Waals surface area contributed by atoms with Crippen LogP contribution in [0, 0.1) is 20.2 Å². The minimum Gasteiger partial charge on any atom is -0.455 e. The van der Waals surface area contributed by atoms with Crippen LogP contribution < -0.4 is 5.43 Å². The van der Waals surface area contributed by atoms with Gasteiger partial charge in [-0.3, -0.25) is 25.0 Å². The summed E-state index contributed by atoms with van der Waals surface area (Å²) in [5, 5.41) is 26.3. The SMILES string of the molecule is O=C(N/N=C\c1ccc(-c2cc([N+](=O)[O-])ccc2Cl)o1)c1cc2cc([N+](=O)[O-])ccc2o1. The number of furan rings is 2. The van der Waals surface area contributed by atoms with E-state index in [2.05, 4.69) is 10.5 Å². The second-order valence-corrected chi connectivity index (χ2v) is 6.82. The summed E-state index contributed by atoms with van der Waals surface area (Å²) in [6.07, 6.45) is 1.22. The monoisotopic (exact) mass is 454 g/mol. The molecule has 2 aromatic heterocycles. The molecule has 2 aromatic carbocycles. The largest absolute Gasteiger partial charge is 0.455 e. The van der Waals surface area contributed by atoms with Crippen LogP contribution in [0.15, 0.2) is 68.5 Å². The number of hydrogen-bond donors (Lipinski definition) is 1. The molecule has 0 saturated carbocycles. The lowest BCUT2D eigenvalue weighted by molar-refractivity contribution is -0.384. The summed E-state index contributed by atoms with van der Waals surface area (Å²) in [4.78, 5) is 32.9. The molecule has 32 heavy (non-hydrogen) atoms. The average Bonchev–Trinajstić information content (AvgIpc) is 3.40. The van der Waals surface area contributed by atoms with Crippen molar-refractivity contribution < 1.29 is 23.5 Å². The predicted molar refractivity (Wildman–Crippen MR) is 114 cm³/mol. The summed E-state index contributed by atoms with van der Waals surface area (Å²) < 4.78 is 10.9. The Morgan fingerprint density at radius 3 is 2.44 bits per heavy atom. The Morgan fingerprint density at radius 1 is 0.969 bits per heavy atom. The van der Waals surface area contributed by atoms with Crippen molar-refractivity contribution in [2.24, 2.45) is 5.10 Å². The van der Waals surface area contributed by atoms with Crippen LogP contribution in [0.4, 0.5) is 11.4 Å². The first-order chi connectivity index (χ1) is 15.3. The minimum absolute atomic E-state index is 0.0823. The Bertz CT molecular complexity index is 1410. The standard InChI is InChI=1S/C20H11ClN4O7/c21-16-4-1-13(25(29)30)9-15(16)18-6-3-14(31-18)10-22-23-20(26)19-8-11-7-12(24(27)28)2-5-17(11)32-19/h1-10H,(H,23,26)/b22-10-. The average molecular weight is 455 g/mol. The number of benzene rings is 2. The highest BCUT2D eigenvalue weighted by molar-refractivity contribution is 6.33. The molecule has 4 aromatic rings. The number of nitrogens with one attached hydrogen (secondary N) is 1. The number of carbonyl (C=O) groups excluding carboxylic acids is 1. The number of carbonyl (C=O) groups is 1. The summed E-state index contributed by atoms with van der Waals surface area (Å²) in [5.41, 5.74) is 2.64. The first-order valence-corrected chi connectivity index (χ1v) is 9.25. The number of non-ortho nitro benzene ring substituents is 2. The topological polar surface area (TPSA) is 154 Å². The number of nitro groups is 2. The molecular weight excluding hydrogens is 444 g/mol. The molecule has 12 heteroatoms. The highest BCUT2D eigenvalue weighted by Gasteiger charge is 2.16. The number of fused-ring (bicyclic) bond motifs is 1. The van der Waals surface area contributed by atoms with Crippen molar-refractivity contribution in [3.05, 3.63) is 91.4 Å². The molecule has 0 bridgehead atoms. The van der Waals surface area contributed by atoms with E-state index in [9.17, 15) is 25.0 Å². The number of nitro benzene ring substituents is 2. The van der Waals surface area contributed by atoms with Gasteiger partial charge in [0, 0.05) is 35.2 Å². The molecule has 1 N–H and O–H groups in total. The molecule has 4 rings (SSSR count). The Kier molecular flexibility index (Phi) is 5.39. The Balaban J connectivity index is 1.47. The summed E-state index contributed by atoms with van der Waals surface area (Å²) in [6, 6.07) is 12.4.